The van der Waals surface area contributed by atoms with Crippen molar-refractivity contribution in [3.8, 4) is 0 Å². The summed E-state index contributed by atoms with van der Waals surface area (Å²) in [6.45, 7) is -0.575. The van der Waals surface area contributed by atoms with E-state index >= 15 is 0 Å². The van der Waals surface area contributed by atoms with Crippen molar-refractivity contribution >= 4 is 11.9 Å². The summed E-state index contributed by atoms with van der Waals surface area (Å²) in [6.07, 6.45) is 4.73. The first-order valence-corrected chi connectivity index (χ1v) is 6.72. The van der Waals surface area contributed by atoms with Crippen LogP contribution in [0.25, 0.3) is 0 Å². The van der Waals surface area contributed by atoms with Crippen LogP contribution in [0.3, 0.4) is 0 Å². The predicted octanol–water partition coefficient (Wildman–Crippen LogP) is 1.09. The summed E-state index contributed by atoms with van der Waals surface area (Å²) in [7, 11) is 0. The van der Waals surface area contributed by atoms with Crippen molar-refractivity contribution in [1.82, 2.24) is 0 Å². The number of unbranched alkanes of at least 4 members (excludes halogenated alkanes) is 5. The second-order valence-corrected chi connectivity index (χ2v) is 4.53. The maximum atomic E-state index is 11.2. The molecule has 0 amide bonds. The Balaban J connectivity index is 3.25. The van der Waals surface area contributed by atoms with Gasteiger partial charge in [-0.2, -0.15) is 0 Å². The van der Waals surface area contributed by atoms with Gasteiger partial charge in [0.15, 0.2) is 0 Å². The first-order valence-electron chi connectivity index (χ1n) is 6.72. The van der Waals surface area contributed by atoms with E-state index in [1.165, 1.54) is 0 Å². The summed E-state index contributed by atoms with van der Waals surface area (Å²) in [4.78, 5) is 21.4. The lowest BCUT2D eigenvalue weighted by molar-refractivity contribution is -0.147. The molecule has 0 unspecified atom stereocenters. The number of carboxylic acids is 1. The zero-order chi connectivity index (χ0) is 14.5. The third kappa shape index (κ3) is 13.1. The van der Waals surface area contributed by atoms with Crippen molar-refractivity contribution in [2.24, 2.45) is 0 Å². The highest BCUT2D eigenvalue weighted by Gasteiger charge is 2.07. The summed E-state index contributed by atoms with van der Waals surface area (Å²) in [5.74, 6) is -1.12. The molecule has 6 nitrogen and oxygen atoms in total. The Bertz CT molecular complexity index is 254. The lowest BCUT2D eigenvalue weighted by atomic mass is 10.1. The molecule has 0 bridgehead atoms. The zero-order valence-electron chi connectivity index (χ0n) is 11.2. The Morgan fingerprint density at radius 1 is 0.947 bits per heavy atom. The van der Waals surface area contributed by atoms with E-state index in [0.29, 0.717) is 12.8 Å². The van der Waals surface area contributed by atoms with Crippen LogP contribution in [0, 0.1) is 0 Å². The van der Waals surface area contributed by atoms with Crippen LogP contribution in [0.2, 0.25) is 0 Å². The van der Waals surface area contributed by atoms with E-state index in [1.54, 1.807) is 0 Å². The second kappa shape index (κ2) is 11.9. The SMILES string of the molecule is O=C(O)CCCCCCCCC(=O)OC[C@@H](O)CO. The lowest BCUT2D eigenvalue weighted by Crippen LogP contribution is -2.21. The number of aliphatic hydroxyl groups excluding tert-OH is 2. The molecule has 0 spiro atoms. The monoisotopic (exact) mass is 276 g/mol. The molecule has 0 aliphatic heterocycles. The van der Waals surface area contributed by atoms with Crippen LogP contribution in [0.5, 0.6) is 0 Å². The van der Waals surface area contributed by atoms with E-state index in [4.69, 9.17) is 20.1 Å². The van der Waals surface area contributed by atoms with E-state index in [1.807, 2.05) is 0 Å². The minimum Gasteiger partial charge on any atom is -0.481 e. The first-order chi connectivity index (χ1) is 9.06. The smallest absolute Gasteiger partial charge is 0.305 e. The molecule has 112 valence electrons. The number of rotatable bonds is 12. The molecule has 0 radical (unpaired) electrons. The predicted molar refractivity (Wildman–Crippen MR) is 68.6 cm³/mol. The van der Waals surface area contributed by atoms with Gasteiger partial charge in [-0.1, -0.05) is 25.7 Å². The minimum absolute atomic E-state index is 0.162. The molecule has 1 atom stereocenters. The number of aliphatic carboxylic acids is 1. The highest BCUT2D eigenvalue weighted by Crippen LogP contribution is 2.09. The Kier molecular flexibility index (Phi) is 11.2. The molecule has 0 rings (SSSR count). The van der Waals surface area contributed by atoms with Crippen molar-refractivity contribution in [1.29, 1.82) is 0 Å². The van der Waals surface area contributed by atoms with Gasteiger partial charge in [0.2, 0.25) is 0 Å². The normalized spacial score (nSPS) is 12.1. The zero-order valence-corrected chi connectivity index (χ0v) is 11.2. The van der Waals surface area contributed by atoms with Crippen LogP contribution in [-0.4, -0.2) is 46.6 Å². The standard InChI is InChI=1S/C13H24O6/c14-9-11(15)10-19-13(18)8-6-4-2-1-3-5-7-12(16)17/h11,14-15H,1-10H2,(H,16,17)/t11-/m0/s1. The van der Waals surface area contributed by atoms with Gasteiger partial charge in [0, 0.05) is 12.8 Å². The molecule has 0 fully saturated rings. The van der Waals surface area contributed by atoms with E-state index < -0.39 is 18.7 Å². The van der Waals surface area contributed by atoms with Crippen molar-refractivity contribution in [3.05, 3.63) is 0 Å². The molecule has 0 aromatic rings. The molecule has 0 saturated heterocycles. The molecular weight excluding hydrogens is 252 g/mol. The summed E-state index contributed by atoms with van der Waals surface area (Å²) >= 11 is 0. The third-order valence-electron chi connectivity index (χ3n) is 2.67. The van der Waals surface area contributed by atoms with E-state index in [-0.39, 0.29) is 19.0 Å². The van der Waals surface area contributed by atoms with Crippen molar-refractivity contribution in [2.45, 2.75) is 57.5 Å². The Labute approximate surface area is 113 Å². The number of hydrogen-bond acceptors (Lipinski definition) is 5. The minimum atomic E-state index is -1.00. The molecule has 0 aromatic heterocycles. The summed E-state index contributed by atoms with van der Waals surface area (Å²) < 4.78 is 4.75. The fourth-order valence-corrected chi connectivity index (χ4v) is 1.57. The average Bonchev–Trinajstić information content (AvgIpc) is 2.38. The van der Waals surface area contributed by atoms with Gasteiger partial charge in [0.1, 0.15) is 12.7 Å². The molecule has 19 heavy (non-hydrogen) atoms. The third-order valence-corrected chi connectivity index (χ3v) is 2.67. The first kappa shape index (κ1) is 17.9. The number of carbonyl (C=O) groups excluding carboxylic acids is 1. The van der Waals surface area contributed by atoms with Gasteiger partial charge in [-0.05, 0) is 12.8 Å². The number of ether oxygens (including phenoxy) is 1. The summed E-state index contributed by atoms with van der Waals surface area (Å²) in [6, 6.07) is 0. The van der Waals surface area contributed by atoms with Crippen LogP contribution in [0.15, 0.2) is 0 Å². The number of hydrogen-bond donors (Lipinski definition) is 3. The summed E-state index contributed by atoms with van der Waals surface area (Å²) in [5.41, 5.74) is 0. The molecule has 0 aliphatic carbocycles. The highest BCUT2D eigenvalue weighted by molar-refractivity contribution is 5.69. The van der Waals surface area contributed by atoms with Crippen LogP contribution < -0.4 is 0 Å². The molecule has 0 heterocycles. The van der Waals surface area contributed by atoms with Crippen LogP contribution in [0.1, 0.15) is 51.4 Å². The Morgan fingerprint density at radius 2 is 1.47 bits per heavy atom. The molecule has 0 saturated carbocycles. The molecule has 0 aliphatic rings. The van der Waals surface area contributed by atoms with Gasteiger partial charge in [0.05, 0.1) is 6.61 Å². The largest absolute Gasteiger partial charge is 0.481 e. The fraction of sp³-hybridized carbons (Fsp3) is 0.846. The summed E-state index contributed by atoms with van der Waals surface area (Å²) in [5, 5.41) is 25.9. The van der Waals surface area contributed by atoms with Gasteiger partial charge in [-0.15, -0.1) is 0 Å². The molecular formula is C13H24O6. The number of carboxylic acid groups (broad SMARTS) is 1. The van der Waals surface area contributed by atoms with Crippen molar-refractivity contribution < 1.29 is 29.6 Å². The van der Waals surface area contributed by atoms with Gasteiger partial charge < -0.3 is 20.1 Å². The number of esters is 1. The topological polar surface area (TPSA) is 104 Å². The number of aliphatic hydroxyl groups is 2. The highest BCUT2D eigenvalue weighted by atomic mass is 16.5. The second-order valence-electron chi connectivity index (χ2n) is 4.53. The maximum absolute atomic E-state index is 11.2. The van der Waals surface area contributed by atoms with Crippen molar-refractivity contribution in [3.63, 3.8) is 0 Å². The Hall–Kier alpha value is -1.14. The van der Waals surface area contributed by atoms with Gasteiger partial charge >= 0.3 is 11.9 Å². The molecule has 6 heteroatoms. The number of carbonyl (C=O) groups is 2. The van der Waals surface area contributed by atoms with Crippen LogP contribution in [0.4, 0.5) is 0 Å². The molecule has 0 aromatic carbocycles. The van der Waals surface area contributed by atoms with Gasteiger partial charge in [-0.25, -0.2) is 0 Å². The van der Waals surface area contributed by atoms with Crippen molar-refractivity contribution in [2.75, 3.05) is 13.2 Å². The Morgan fingerprint density at radius 3 is 2.00 bits per heavy atom. The maximum Gasteiger partial charge on any atom is 0.305 e. The van der Waals surface area contributed by atoms with E-state index in [0.717, 1.165) is 32.1 Å². The van der Waals surface area contributed by atoms with Crippen LogP contribution in [-0.2, 0) is 14.3 Å². The fourth-order valence-electron chi connectivity index (χ4n) is 1.57. The quantitative estimate of drug-likeness (QED) is 0.364. The average molecular weight is 276 g/mol. The van der Waals surface area contributed by atoms with Gasteiger partial charge in [-0.3, -0.25) is 9.59 Å². The van der Waals surface area contributed by atoms with E-state index in [2.05, 4.69) is 0 Å². The van der Waals surface area contributed by atoms with E-state index in [9.17, 15) is 9.59 Å². The lowest BCUT2D eigenvalue weighted by Gasteiger charge is -2.08. The van der Waals surface area contributed by atoms with Crippen LogP contribution >= 0.6 is 0 Å². The molecule has 3 N–H and O–H groups in total. The van der Waals surface area contributed by atoms with Gasteiger partial charge in [0.25, 0.3) is 0 Å².